The fourth-order valence-electron chi connectivity index (χ4n) is 4.42. The standard InChI is InChI=1S/C26H38N3O2/c1-3-5-7-8-9-10-11-12-13-16-20-29-24-23(28(27-29)19-6-4-2)25(30)21-17-14-15-18-22(21)26(24)31/h14-15,17-18H,3-13,16,19-20H2,1-2H3/q+1. The van der Waals surface area contributed by atoms with Gasteiger partial charge in [0.1, 0.15) is 13.1 Å². The fraction of sp³-hybridized carbons (Fsp3) is 0.615. The number of carbonyl (C=O) groups is 2. The lowest BCUT2D eigenvalue weighted by molar-refractivity contribution is -0.757. The Morgan fingerprint density at radius 3 is 1.90 bits per heavy atom. The number of aryl methyl sites for hydroxylation is 2. The van der Waals surface area contributed by atoms with Crippen molar-refractivity contribution < 1.29 is 14.3 Å². The van der Waals surface area contributed by atoms with Crippen LogP contribution in [-0.4, -0.2) is 21.5 Å². The van der Waals surface area contributed by atoms with Crippen LogP contribution in [0.2, 0.25) is 0 Å². The maximum Gasteiger partial charge on any atom is 0.249 e. The summed E-state index contributed by atoms with van der Waals surface area (Å²) in [6.07, 6.45) is 14.7. The van der Waals surface area contributed by atoms with Gasteiger partial charge in [-0.1, -0.05) is 95.9 Å². The first-order valence-corrected chi connectivity index (χ1v) is 12.4. The minimum absolute atomic E-state index is 0.0694. The molecule has 31 heavy (non-hydrogen) atoms. The maximum absolute atomic E-state index is 13.2. The molecule has 0 aliphatic heterocycles. The SMILES string of the molecule is CCCCCCCCCCCC[n+]1nn(CCCC)c2c1C(=O)c1ccccc1C2=O. The molecule has 168 valence electrons. The summed E-state index contributed by atoms with van der Waals surface area (Å²) in [5.41, 5.74) is 1.97. The third-order valence-corrected chi connectivity index (χ3v) is 6.25. The van der Waals surface area contributed by atoms with Crippen LogP contribution in [0.5, 0.6) is 0 Å². The van der Waals surface area contributed by atoms with Crippen molar-refractivity contribution in [2.75, 3.05) is 0 Å². The molecule has 0 saturated carbocycles. The zero-order valence-electron chi connectivity index (χ0n) is 19.4. The van der Waals surface area contributed by atoms with Crippen molar-refractivity contribution in [3.8, 4) is 0 Å². The van der Waals surface area contributed by atoms with Gasteiger partial charge in [-0.05, 0) is 19.3 Å². The Labute approximate surface area is 186 Å². The van der Waals surface area contributed by atoms with Crippen LogP contribution >= 0.6 is 0 Å². The number of ketones is 2. The number of unbranched alkanes of at least 4 members (excludes halogenated alkanes) is 10. The van der Waals surface area contributed by atoms with E-state index in [0.717, 1.165) is 25.7 Å². The number of aromatic nitrogens is 3. The monoisotopic (exact) mass is 424 g/mol. The minimum atomic E-state index is -0.0735. The molecule has 0 amide bonds. The van der Waals surface area contributed by atoms with Gasteiger partial charge in [-0.2, -0.15) is 0 Å². The van der Waals surface area contributed by atoms with Crippen molar-refractivity contribution >= 4 is 11.6 Å². The molecule has 1 aliphatic carbocycles. The molecular formula is C26H38N3O2+. The van der Waals surface area contributed by atoms with E-state index >= 15 is 0 Å². The second-order valence-corrected chi connectivity index (χ2v) is 8.77. The van der Waals surface area contributed by atoms with E-state index in [-0.39, 0.29) is 11.6 Å². The number of benzene rings is 1. The summed E-state index contributed by atoms with van der Waals surface area (Å²) in [6, 6.07) is 7.15. The van der Waals surface area contributed by atoms with Crippen LogP contribution in [0.4, 0.5) is 0 Å². The van der Waals surface area contributed by atoms with E-state index in [1.807, 2.05) is 12.1 Å². The lowest BCUT2D eigenvalue weighted by atomic mass is 9.90. The van der Waals surface area contributed by atoms with E-state index in [2.05, 4.69) is 19.1 Å². The zero-order valence-corrected chi connectivity index (χ0v) is 19.4. The van der Waals surface area contributed by atoms with Gasteiger partial charge in [0.2, 0.25) is 23.0 Å². The summed E-state index contributed by atoms with van der Waals surface area (Å²) in [4.78, 5) is 26.4. The Balaban J connectivity index is 1.61. The molecule has 1 aromatic heterocycles. The molecular weight excluding hydrogens is 386 g/mol. The highest BCUT2D eigenvalue weighted by atomic mass is 16.1. The van der Waals surface area contributed by atoms with Gasteiger partial charge < -0.3 is 0 Å². The average molecular weight is 425 g/mol. The third kappa shape index (κ3) is 5.69. The largest absolute Gasteiger partial charge is 0.284 e. The van der Waals surface area contributed by atoms with Gasteiger partial charge in [0.25, 0.3) is 0 Å². The van der Waals surface area contributed by atoms with Crippen molar-refractivity contribution in [2.45, 2.75) is 104 Å². The molecule has 0 unspecified atom stereocenters. The Morgan fingerprint density at radius 2 is 1.29 bits per heavy atom. The smallest absolute Gasteiger partial charge is 0.249 e. The van der Waals surface area contributed by atoms with Crippen molar-refractivity contribution in [2.24, 2.45) is 0 Å². The first-order chi connectivity index (χ1) is 15.2. The van der Waals surface area contributed by atoms with Gasteiger partial charge in [-0.3, -0.25) is 9.59 Å². The van der Waals surface area contributed by atoms with E-state index in [1.165, 1.54) is 51.4 Å². The van der Waals surface area contributed by atoms with Gasteiger partial charge in [0.05, 0.1) is 5.21 Å². The van der Waals surface area contributed by atoms with E-state index < -0.39 is 0 Å². The molecule has 0 radical (unpaired) electrons. The molecule has 1 aromatic carbocycles. The van der Waals surface area contributed by atoms with E-state index in [4.69, 9.17) is 0 Å². The van der Waals surface area contributed by atoms with E-state index in [0.29, 0.717) is 35.6 Å². The normalized spacial score (nSPS) is 12.8. The van der Waals surface area contributed by atoms with Gasteiger partial charge in [-0.25, -0.2) is 0 Å². The molecule has 0 bridgehead atoms. The summed E-state index contributed by atoms with van der Waals surface area (Å²) >= 11 is 0. The van der Waals surface area contributed by atoms with Gasteiger partial charge in [0.15, 0.2) is 0 Å². The summed E-state index contributed by atoms with van der Waals surface area (Å²) < 4.78 is 3.57. The number of hydrogen-bond acceptors (Lipinski definition) is 3. The Hall–Kier alpha value is -2.30. The van der Waals surface area contributed by atoms with Gasteiger partial charge in [0, 0.05) is 11.1 Å². The lowest BCUT2D eigenvalue weighted by Crippen LogP contribution is -2.43. The molecule has 2 aromatic rings. The molecule has 1 heterocycles. The van der Waals surface area contributed by atoms with E-state index in [9.17, 15) is 9.59 Å². The minimum Gasteiger partial charge on any atom is -0.284 e. The summed E-state index contributed by atoms with van der Waals surface area (Å²) in [7, 11) is 0. The van der Waals surface area contributed by atoms with Crippen LogP contribution in [0.1, 0.15) is 123 Å². The highest BCUT2D eigenvalue weighted by Gasteiger charge is 2.42. The predicted octanol–water partition coefficient (Wildman–Crippen LogP) is 5.67. The Bertz CT molecular complexity index is 885. The molecule has 3 rings (SSSR count). The first kappa shape index (κ1) is 23.4. The van der Waals surface area contributed by atoms with Crippen LogP contribution in [0.15, 0.2) is 24.3 Å². The average Bonchev–Trinajstić information content (AvgIpc) is 3.16. The number of fused-ring (bicyclic) bond motifs is 2. The molecule has 5 nitrogen and oxygen atoms in total. The number of carbonyl (C=O) groups excluding carboxylic acids is 2. The van der Waals surface area contributed by atoms with Crippen molar-refractivity contribution in [3.05, 3.63) is 46.8 Å². The van der Waals surface area contributed by atoms with Crippen LogP contribution < -0.4 is 4.68 Å². The Morgan fingerprint density at radius 1 is 0.742 bits per heavy atom. The number of rotatable bonds is 14. The van der Waals surface area contributed by atoms with Crippen LogP contribution in [-0.2, 0) is 13.1 Å². The van der Waals surface area contributed by atoms with Crippen LogP contribution in [0.25, 0.3) is 0 Å². The molecule has 5 heteroatoms. The third-order valence-electron chi connectivity index (χ3n) is 6.25. The summed E-state index contributed by atoms with van der Waals surface area (Å²) in [5.74, 6) is -0.143. The number of nitrogens with zero attached hydrogens (tertiary/aromatic N) is 3. The Kier molecular flexibility index (Phi) is 8.98. The second-order valence-electron chi connectivity index (χ2n) is 8.77. The van der Waals surface area contributed by atoms with Crippen molar-refractivity contribution in [3.63, 3.8) is 0 Å². The van der Waals surface area contributed by atoms with Crippen molar-refractivity contribution in [1.29, 1.82) is 0 Å². The highest BCUT2D eigenvalue weighted by Crippen LogP contribution is 2.25. The summed E-state index contributed by atoms with van der Waals surface area (Å²) in [6.45, 7) is 5.74. The number of hydrogen-bond donors (Lipinski definition) is 0. The molecule has 0 atom stereocenters. The van der Waals surface area contributed by atoms with Gasteiger partial charge >= 0.3 is 0 Å². The van der Waals surface area contributed by atoms with E-state index in [1.54, 1.807) is 21.5 Å². The molecule has 1 aliphatic rings. The lowest BCUT2D eigenvalue weighted by Gasteiger charge is -2.11. The van der Waals surface area contributed by atoms with Crippen LogP contribution in [0.3, 0.4) is 0 Å². The predicted molar refractivity (Wildman–Crippen MR) is 122 cm³/mol. The first-order valence-electron chi connectivity index (χ1n) is 12.4. The maximum atomic E-state index is 13.2. The topological polar surface area (TPSA) is 55.8 Å². The molecule has 0 saturated heterocycles. The molecule has 0 fully saturated rings. The highest BCUT2D eigenvalue weighted by molar-refractivity contribution is 6.26. The fourth-order valence-corrected chi connectivity index (χ4v) is 4.42. The second kappa shape index (κ2) is 11.9. The van der Waals surface area contributed by atoms with Crippen molar-refractivity contribution in [1.82, 2.24) is 9.90 Å². The van der Waals surface area contributed by atoms with Gasteiger partial charge in [-0.15, -0.1) is 9.36 Å². The molecule has 0 spiro atoms. The molecule has 0 N–H and O–H groups in total. The summed E-state index contributed by atoms with van der Waals surface area (Å²) in [5, 5.41) is 4.68. The quantitative estimate of drug-likeness (QED) is 0.248. The zero-order chi connectivity index (χ0) is 22.1. The van der Waals surface area contributed by atoms with Crippen LogP contribution in [0, 0.1) is 0 Å².